The second-order valence-corrected chi connectivity index (χ2v) is 8.16. The van der Waals surface area contributed by atoms with Crippen molar-refractivity contribution in [3.63, 3.8) is 0 Å². The smallest absolute Gasteiger partial charge is 0.418 e. The zero-order valence-corrected chi connectivity index (χ0v) is 19.0. The van der Waals surface area contributed by atoms with Gasteiger partial charge in [0, 0.05) is 11.4 Å². The average Bonchev–Trinajstić information content (AvgIpc) is 2.82. The third kappa shape index (κ3) is 6.46. The zero-order valence-electron chi connectivity index (χ0n) is 19.0. The Morgan fingerprint density at radius 3 is 1.14 bits per heavy atom. The molecule has 4 nitrogen and oxygen atoms in total. The molecule has 0 saturated carbocycles. The fraction of sp³-hybridized carbons (Fsp3) is 0.111. The van der Waals surface area contributed by atoms with Gasteiger partial charge in [0.25, 0.3) is 0 Å². The Hall–Kier alpha value is -4.34. The van der Waals surface area contributed by atoms with E-state index in [4.69, 9.17) is 20.9 Å². The average molecular weight is 518 g/mol. The highest BCUT2D eigenvalue weighted by Gasteiger charge is 2.34. The molecule has 0 aliphatic heterocycles. The highest BCUT2D eigenvalue weighted by atomic mass is 19.4. The lowest BCUT2D eigenvalue weighted by molar-refractivity contribution is -0.137. The highest BCUT2D eigenvalue weighted by molar-refractivity contribution is 5.53. The van der Waals surface area contributed by atoms with Crippen molar-refractivity contribution in [1.82, 2.24) is 0 Å². The van der Waals surface area contributed by atoms with E-state index in [1.54, 1.807) is 48.5 Å². The quantitative estimate of drug-likeness (QED) is 0.200. The number of hydrogen-bond donors (Lipinski definition) is 2. The van der Waals surface area contributed by atoms with Crippen LogP contribution < -0.4 is 20.9 Å². The number of hydrogen-bond acceptors (Lipinski definition) is 4. The minimum absolute atomic E-state index is 0.00770. The van der Waals surface area contributed by atoms with Crippen LogP contribution in [0.25, 0.3) is 0 Å². The first kappa shape index (κ1) is 25.7. The van der Waals surface area contributed by atoms with E-state index in [2.05, 4.69) is 0 Å². The summed E-state index contributed by atoms with van der Waals surface area (Å²) in [5.74, 6) is 0.723. The maximum Gasteiger partial charge on any atom is 0.418 e. The van der Waals surface area contributed by atoms with Gasteiger partial charge in [-0.1, -0.05) is 24.3 Å². The van der Waals surface area contributed by atoms with Crippen LogP contribution in [0.3, 0.4) is 0 Å². The largest absolute Gasteiger partial charge is 0.457 e. The van der Waals surface area contributed by atoms with Crippen LogP contribution in [0.2, 0.25) is 0 Å². The lowest BCUT2D eigenvalue weighted by atomic mass is 10.0. The molecule has 0 bridgehead atoms. The molecule has 0 aromatic heterocycles. The molecule has 192 valence electrons. The summed E-state index contributed by atoms with van der Waals surface area (Å²) in [6, 6.07) is 20.3. The topological polar surface area (TPSA) is 70.5 Å². The van der Waals surface area contributed by atoms with Gasteiger partial charge in [0.2, 0.25) is 0 Å². The normalized spacial score (nSPS) is 11.8. The van der Waals surface area contributed by atoms with Gasteiger partial charge in [-0.2, -0.15) is 26.3 Å². The number of nitrogen functional groups attached to an aromatic ring is 2. The molecule has 4 N–H and O–H groups in total. The number of benzene rings is 4. The molecule has 0 fully saturated rings. The third-order valence-electron chi connectivity index (χ3n) is 5.39. The van der Waals surface area contributed by atoms with E-state index in [-0.39, 0.29) is 22.9 Å². The van der Waals surface area contributed by atoms with Crippen molar-refractivity contribution in [1.29, 1.82) is 0 Å². The molecule has 0 aliphatic carbocycles. The standard InChI is InChI=1S/C27H20F6N2O2/c28-26(29,30)22-14-20(9-11-24(22)34)36-18-5-1-16(2-6-18)13-17-3-7-19(8-4-17)37-21-10-12-25(35)23(15-21)27(31,32)33/h1-12,14-15H,13,34-35H2. The summed E-state index contributed by atoms with van der Waals surface area (Å²) in [7, 11) is 0. The van der Waals surface area contributed by atoms with Crippen LogP contribution in [0, 0.1) is 0 Å². The minimum Gasteiger partial charge on any atom is -0.457 e. The lowest BCUT2D eigenvalue weighted by Gasteiger charge is -2.13. The van der Waals surface area contributed by atoms with Gasteiger partial charge in [-0.05, 0) is 78.2 Å². The fourth-order valence-corrected chi connectivity index (χ4v) is 3.55. The van der Waals surface area contributed by atoms with Gasteiger partial charge in [0.05, 0.1) is 11.1 Å². The third-order valence-corrected chi connectivity index (χ3v) is 5.39. The van der Waals surface area contributed by atoms with Crippen LogP contribution in [0.15, 0.2) is 84.9 Å². The van der Waals surface area contributed by atoms with E-state index in [0.717, 1.165) is 35.4 Å². The van der Waals surface area contributed by atoms with Crippen molar-refractivity contribution >= 4 is 11.4 Å². The number of nitrogens with two attached hydrogens (primary N) is 2. The fourth-order valence-electron chi connectivity index (χ4n) is 3.55. The number of rotatable bonds is 6. The molecule has 0 spiro atoms. The highest BCUT2D eigenvalue weighted by Crippen LogP contribution is 2.38. The number of anilines is 2. The number of halogens is 6. The van der Waals surface area contributed by atoms with Crippen LogP contribution in [0.5, 0.6) is 23.0 Å². The first-order valence-corrected chi connectivity index (χ1v) is 10.9. The molecule has 4 aromatic rings. The van der Waals surface area contributed by atoms with Gasteiger partial charge in [0.1, 0.15) is 23.0 Å². The summed E-state index contributed by atoms with van der Waals surface area (Å²) >= 11 is 0. The van der Waals surface area contributed by atoms with E-state index >= 15 is 0 Å². The van der Waals surface area contributed by atoms with Crippen LogP contribution in [0.4, 0.5) is 37.7 Å². The molecule has 4 aromatic carbocycles. The van der Waals surface area contributed by atoms with Gasteiger partial charge < -0.3 is 20.9 Å². The summed E-state index contributed by atoms with van der Waals surface area (Å²) < 4.78 is 89.3. The Bertz CT molecular complexity index is 1280. The van der Waals surface area contributed by atoms with Crippen molar-refractivity contribution in [3.05, 3.63) is 107 Å². The Morgan fingerprint density at radius 2 is 0.811 bits per heavy atom. The van der Waals surface area contributed by atoms with E-state index in [9.17, 15) is 26.3 Å². The molecule has 0 heterocycles. The van der Waals surface area contributed by atoms with Gasteiger partial charge in [-0.3, -0.25) is 0 Å². The van der Waals surface area contributed by atoms with Gasteiger partial charge in [-0.15, -0.1) is 0 Å². The number of ether oxygens (including phenoxy) is 2. The molecule has 0 atom stereocenters. The summed E-state index contributed by atoms with van der Waals surface area (Å²) in [5, 5.41) is 0. The molecule has 10 heteroatoms. The Labute approximate surface area is 208 Å². The summed E-state index contributed by atoms with van der Waals surface area (Å²) in [5.41, 5.74) is 9.93. The van der Waals surface area contributed by atoms with E-state index in [0.29, 0.717) is 17.9 Å². The molecule has 0 aliphatic rings. The zero-order chi connectivity index (χ0) is 26.8. The Kier molecular flexibility index (Phi) is 6.93. The Balaban J connectivity index is 1.39. The van der Waals surface area contributed by atoms with Crippen molar-refractivity contribution in [2.75, 3.05) is 11.5 Å². The molecule has 4 rings (SSSR count). The minimum atomic E-state index is -4.59. The van der Waals surface area contributed by atoms with Crippen LogP contribution in [-0.4, -0.2) is 0 Å². The summed E-state index contributed by atoms with van der Waals surface area (Å²) in [4.78, 5) is 0. The second-order valence-electron chi connectivity index (χ2n) is 8.16. The lowest BCUT2D eigenvalue weighted by Crippen LogP contribution is -2.08. The first-order chi connectivity index (χ1) is 17.4. The van der Waals surface area contributed by atoms with Gasteiger partial charge in [-0.25, -0.2) is 0 Å². The van der Waals surface area contributed by atoms with E-state index < -0.39 is 23.5 Å². The van der Waals surface area contributed by atoms with Crippen molar-refractivity contribution in [3.8, 4) is 23.0 Å². The van der Waals surface area contributed by atoms with Crippen LogP contribution in [0.1, 0.15) is 22.3 Å². The first-order valence-electron chi connectivity index (χ1n) is 10.9. The molecule has 0 radical (unpaired) electrons. The molecular weight excluding hydrogens is 498 g/mol. The van der Waals surface area contributed by atoms with Gasteiger partial charge in [0.15, 0.2) is 0 Å². The summed E-state index contributed by atoms with van der Waals surface area (Å²) in [6.07, 6.45) is -8.65. The molecule has 0 saturated heterocycles. The molecule has 37 heavy (non-hydrogen) atoms. The second kappa shape index (κ2) is 9.96. The molecule has 0 amide bonds. The van der Waals surface area contributed by atoms with Crippen molar-refractivity contribution in [2.24, 2.45) is 0 Å². The van der Waals surface area contributed by atoms with E-state index in [1.807, 2.05) is 0 Å². The Morgan fingerprint density at radius 1 is 0.486 bits per heavy atom. The van der Waals surface area contributed by atoms with Crippen LogP contribution in [-0.2, 0) is 18.8 Å². The molecule has 0 unspecified atom stereocenters. The van der Waals surface area contributed by atoms with Gasteiger partial charge >= 0.3 is 12.4 Å². The SMILES string of the molecule is Nc1ccc(Oc2ccc(Cc3ccc(Oc4ccc(N)c(C(F)(F)F)c4)cc3)cc2)cc1C(F)(F)F. The predicted molar refractivity (Wildman–Crippen MR) is 128 cm³/mol. The maximum absolute atomic E-state index is 13.0. The maximum atomic E-state index is 13.0. The predicted octanol–water partition coefficient (Wildman–Crippen LogP) is 8.06. The number of alkyl halides is 6. The molecular formula is C27H20F6N2O2. The van der Waals surface area contributed by atoms with Crippen LogP contribution >= 0.6 is 0 Å². The van der Waals surface area contributed by atoms with Crippen molar-refractivity contribution < 1.29 is 35.8 Å². The summed E-state index contributed by atoms with van der Waals surface area (Å²) in [6.45, 7) is 0. The monoisotopic (exact) mass is 518 g/mol. The van der Waals surface area contributed by atoms with Crippen molar-refractivity contribution in [2.45, 2.75) is 18.8 Å². The van der Waals surface area contributed by atoms with E-state index in [1.165, 1.54) is 12.1 Å².